The molecule has 2 aliphatic rings. The van der Waals surface area contributed by atoms with Crippen LogP contribution in [0.3, 0.4) is 0 Å². The van der Waals surface area contributed by atoms with Gasteiger partial charge in [0.15, 0.2) is 0 Å². The quantitative estimate of drug-likeness (QED) is 0.115. The van der Waals surface area contributed by atoms with E-state index in [1.165, 1.54) is 6.92 Å². The molecule has 0 spiro atoms. The molecule has 1 unspecified atom stereocenters. The second-order valence-corrected chi connectivity index (χ2v) is 13.0. The first-order chi connectivity index (χ1) is 23.0. The highest BCUT2D eigenvalue weighted by Gasteiger charge is 2.45. The number of carboxylic acid groups (broad SMARTS) is 1. The van der Waals surface area contributed by atoms with Crippen molar-refractivity contribution in [1.29, 1.82) is 0 Å². The zero-order valence-electron chi connectivity index (χ0n) is 28.2. The Bertz CT molecular complexity index is 1230. The van der Waals surface area contributed by atoms with E-state index in [1.54, 1.807) is 6.92 Å². The summed E-state index contributed by atoms with van der Waals surface area (Å²) in [5.74, 6) is -3.53. The van der Waals surface area contributed by atoms with Crippen LogP contribution in [0.2, 0.25) is 0 Å². The van der Waals surface area contributed by atoms with Gasteiger partial charge >= 0.3 is 18.0 Å². The van der Waals surface area contributed by atoms with Crippen LogP contribution in [-0.2, 0) is 40.1 Å². The molecule has 0 saturated heterocycles. The number of benzene rings is 1. The lowest BCUT2D eigenvalue weighted by Crippen LogP contribution is -2.50. The molecule has 0 aromatic heterocycles. The monoisotopic (exact) mass is 672 g/mol. The summed E-state index contributed by atoms with van der Waals surface area (Å²) in [6, 6.07) is 8.33. The first kappa shape index (κ1) is 38.3. The van der Waals surface area contributed by atoms with Gasteiger partial charge in [-0.1, -0.05) is 43.2 Å². The first-order valence-corrected chi connectivity index (χ1v) is 17.2. The maximum Gasteiger partial charge on any atom is 0.407 e. The van der Waals surface area contributed by atoms with Crippen LogP contribution in [0.5, 0.6) is 0 Å². The molecular formula is C35H52N4O9. The lowest BCUT2D eigenvalue weighted by atomic mass is 9.76. The van der Waals surface area contributed by atoms with Gasteiger partial charge in [-0.05, 0) is 76.7 Å². The van der Waals surface area contributed by atoms with E-state index in [2.05, 4.69) is 21.3 Å². The fourth-order valence-electron chi connectivity index (χ4n) is 6.67. The van der Waals surface area contributed by atoms with Crippen molar-refractivity contribution in [2.75, 3.05) is 19.7 Å². The molecule has 2 saturated carbocycles. The molecule has 0 aliphatic heterocycles. The summed E-state index contributed by atoms with van der Waals surface area (Å²) in [5, 5.41) is 21.2. The van der Waals surface area contributed by atoms with E-state index in [-0.39, 0.29) is 49.8 Å². The smallest absolute Gasteiger partial charge is 0.407 e. The molecule has 0 heterocycles. The molecule has 0 bridgehead atoms. The number of rotatable bonds is 18. The Hall–Kier alpha value is -4.16. The van der Waals surface area contributed by atoms with Gasteiger partial charge in [-0.3, -0.25) is 24.0 Å². The Morgan fingerprint density at radius 1 is 0.938 bits per heavy atom. The number of carboxylic acids is 1. The van der Waals surface area contributed by atoms with Crippen LogP contribution in [0.4, 0.5) is 4.79 Å². The minimum atomic E-state index is -1.11. The minimum Gasteiger partial charge on any atom is -0.481 e. The average molecular weight is 673 g/mol. The van der Waals surface area contributed by atoms with Gasteiger partial charge in [-0.25, -0.2) is 4.79 Å². The van der Waals surface area contributed by atoms with E-state index in [4.69, 9.17) is 9.47 Å². The lowest BCUT2D eigenvalue weighted by Gasteiger charge is -2.34. The summed E-state index contributed by atoms with van der Waals surface area (Å²) in [6.07, 6.45) is 6.19. The predicted molar refractivity (Wildman–Crippen MR) is 176 cm³/mol. The Kier molecular flexibility index (Phi) is 15.6. The van der Waals surface area contributed by atoms with Crippen LogP contribution in [0.25, 0.3) is 0 Å². The maximum absolute atomic E-state index is 13.6. The van der Waals surface area contributed by atoms with Crippen molar-refractivity contribution in [3.05, 3.63) is 35.9 Å². The van der Waals surface area contributed by atoms with Crippen LogP contribution in [0, 0.1) is 17.3 Å². The molecule has 0 radical (unpaired) electrons. The van der Waals surface area contributed by atoms with Crippen molar-refractivity contribution in [3.63, 3.8) is 0 Å². The number of carbonyl (C=O) groups is 6. The third-order valence-corrected chi connectivity index (χ3v) is 9.33. The zero-order valence-corrected chi connectivity index (χ0v) is 28.2. The normalized spacial score (nSPS) is 19.6. The van der Waals surface area contributed by atoms with Gasteiger partial charge < -0.3 is 35.8 Å². The van der Waals surface area contributed by atoms with Gasteiger partial charge in [0.25, 0.3) is 0 Å². The van der Waals surface area contributed by atoms with Gasteiger partial charge in [0.2, 0.25) is 17.7 Å². The number of amides is 4. The standard InChI is InChI=1S/C35H52N4O9/c1-3-47-32(44)26-14-16-28(17-15-26)39-33(45)35(18-8-9-19-35)21-27(31(42)43)22-37-30(41)29(38-24(2)40)13-7-10-20-36-34(46)48-23-25-11-5-4-6-12-25/h4-6,11-12,26-29H,3,7-10,13-23H2,1-2H3,(H,36,46)(H,37,41)(H,38,40)(H,39,45)(H,42,43)/t26?,27?,28?,29-/m0/s1. The summed E-state index contributed by atoms with van der Waals surface area (Å²) in [5.41, 5.74) is 0.0210. The molecule has 2 fully saturated rings. The Balaban J connectivity index is 1.47. The molecule has 2 aliphatic carbocycles. The van der Waals surface area contributed by atoms with Crippen LogP contribution in [0.1, 0.15) is 96.5 Å². The van der Waals surface area contributed by atoms with Crippen molar-refractivity contribution in [2.24, 2.45) is 17.3 Å². The third kappa shape index (κ3) is 12.5. The predicted octanol–water partition coefficient (Wildman–Crippen LogP) is 3.59. The van der Waals surface area contributed by atoms with Crippen molar-refractivity contribution < 1.29 is 43.3 Å². The third-order valence-electron chi connectivity index (χ3n) is 9.33. The van der Waals surface area contributed by atoms with Gasteiger partial charge in [-0.2, -0.15) is 0 Å². The number of nitrogens with one attached hydrogen (secondary N) is 4. The molecule has 3 rings (SSSR count). The summed E-state index contributed by atoms with van der Waals surface area (Å²) in [7, 11) is 0. The van der Waals surface area contributed by atoms with E-state index in [1.807, 2.05) is 30.3 Å². The van der Waals surface area contributed by atoms with E-state index < -0.39 is 41.3 Å². The number of carbonyl (C=O) groups excluding carboxylic acids is 5. The Morgan fingerprint density at radius 2 is 1.62 bits per heavy atom. The largest absolute Gasteiger partial charge is 0.481 e. The van der Waals surface area contributed by atoms with E-state index >= 15 is 0 Å². The van der Waals surface area contributed by atoms with Gasteiger partial charge in [0.1, 0.15) is 12.6 Å². The number of unbranched alkanes of at least 4 members (excludes halogenated alkanes) is 1. The molecule has 266 valence electrons. The number of hydrogen-bond acceptors (Lipinski definition) is 8. The summed E-state index contributed by atoms with van der Waals surface area (Å²) in [4.78, 5) is 75.0. The molecule has 1 aromatic rings. The minimum absolute atomic E-state index is 0.0859. The fraction of sp³-hybridized carbons (Fsp3) is 0.657. The second-order valence-electron chi connectivity index (χ2n) is 13.0. The number of ether oxygens (including phenoxy) is 2. The average Bonchev–Trinajstić information content (AvgIpc) is 3.55. The van der Waals surface area contributed by atoms with Gasteiger partial charge in [0, 0.05) is 26.1 Å². The van der Waals surface area contributed by atoms with Crippen molar-refractivity contribution in [2.45, 2.75) is 110 Å². The highest BCUT2D eigenvalue weighted by Crippen LogP contribution is 2.44. The molecule has 5 N–H and O–H groups in total. The number of alkyl carbamates (subject to hydrolysis) is 1. The zero-order chi connectivity index (χ0) is 34.9. The molecule has 1 aromatic carbocycles. The van der Waals surface area contributed by atoms with E-state index in [9.17, 15) is 33.9 Å². The number of hydrogen-bond donors (Lipinski definition) is 5. The van der Waals surface area contributed by atoms with Crippen LogP contribution < -0.4 is 21.3 Å². The highest BCUT2D eigenvalue weighted by molar-refractivity contribution is 5.87. The number of aliphatic carboxylic acids is 1. The molecule has 4 amide bonds. The maximum atomic E-state index is 13.6. The Morgan fingerprint density at radius 3 is 2.25 bits per heavy atom. The topological polar surface area (TPSA) is 189 Å². The van der Waals surface area contributed by atoms with E-state index in [0.717, 1.165) is 18.4 Å². The van der Waals surface area contributed by atoms with Crippen molar-refractivity contribution in [1.82, 2.24) is 21.3 Å². The summed E-state index contributed by atoms with van der Waals surface area (Å²) < 4.78 is 10.3. The summed E-state index contributed by atoms with van der Waals surface area (Å²) >= 11 is 0. The SMILES string of the molecule is CCOC(=O)C1CCC(NC(=O)C2(CC(CNC(=O)[C@H](CCCCNC(=O)OCc3ccccc3)NC(C)=O)C(=O)O)CCCC2)CC1. The molecule has 48 heavy (non-hydrogen) atoms. The summed E-state index contributed by atoms with van der Waals surface area (Å²) in [6.45, 7) is 3.71. The first-order valence-electron chi connectivity index (χ1n) is 17.2. The van der Waals surface area contributed by atoms with Gasteiger partial charge in [0.05, 0.1) is 23.9 Å². The Labute approximate surface area is 282 Å². The van der Waals surface area contributed by atoms with Crippen LogP contribution in [0.15, 0.2) is 30.3 Å². The fourth-order valence-corrected chi connectivity index (χ4v) is 6.67. The van der Waals surface area contributed by atoms with E-state index in [0.29, 0.717) is 64.5 Å². The molecule has 2 atom stereocenters. The molecule has 13 heteroatoms. The highest BCUT2D eigenvalue weighted by atomic mass is 16.5. The number of esters is 1. The van der Waals surface area contributed by atoms with Gasteiger partial charge in [-0.15, -0.1) is 0 Å². The molecule has 13 nitrogen and oxygen atoms in total. The lowest BCUT2D eigenvalue weighted by molar-refractivity contribution is -0.149. The van der Waals surface area contributed by atoms with Crippen molar-refractivity contribution >= 4 is 35.8 Å². The molecular weight excluding hydrogens is 620 g/mol. The second kappa shape index (κ2) is 19.6. The van der Waals surface area contributed by atoms with Crippen LogP contribution in [-0.4, -0.2) is 72.6 Å². The van der Waals surface area contributed by atoms with Crippen LogP contribution >= 0.6 is 0 Å². The van der Waals surface area contributed by atoms with Crippen molar-refractivity contribution in [3.8, 4) is 0 Å².